The molecule has 0 fully saturated rings. The Morgan fingerprint density at radius 2 is 1.95 bits per heavy atom. The van der Waals surface area contributed by atoms with E-state index in [0.29, 0.717) is 0 Å². The summed E-state index contributed by atoms with van der Waals surface area (Å²) >= 11 is 1.76. The number of nitrogens with one attached hydrogen (secondary N) is 1. The van der Waals surface area contributed by atoms with E-state index in [-0.39, 0.29) is 0 Å². The Hall–Kier alpha value is -1.81. The number of aryl methyl sites for hydroxylation is 1. The van der Waals surface area contributed by atoms with Crippen LogP contribution in [0.2, 0.25) is 0 Å². The Morgan fingerprint density at radius 3 is 2.68 bits per heavy atom. The molecule has 0 aliphatic rings. The molecule has 0 bridgehead atoms. The molecule has 96 valence electrons. The second-order valence-electron chi connectivity index (χ2n) is 4.37. The maximum atomic E-state index is 4.71. The minimum Gasteiger partial charge on any atom is -0.343 e. The van der Waals surface area contributed by atoms with Crippen LogP contribution >= 0.6 is 11.8 Å². The first-order chi connectivity index (χ1) is 9.28. The molecule has 2 heterocycles. The van der Waals surface area contributed by atoms with E-state index in [4.69, 9.17) is 4.98 Å². The standard InChI is InChI=1S/C15H15N3S/c1-3-19-15-12-9-10(2)16-14(12)17-13(18-15)11-7-5-4-6-8-11/h4-9H,3H2,1-2H3,(H,16,17,18). The second kappa shape index (κ2) is 5.05. The third-order valence-corrected chi connectivity index (χ3v) is 3.77. The van der Waals surface area contributed by atoms with Crippen molar-refractivity contribution in [3.8, 4) is 11.4 Å². The Labute approximate surface area is 116 Å². The van der Waals surface area contributed by atoms with Gasteiger partial charge < -0.3 is 4.98 Å². The lowest BCUT2D eigenvalue weighted by atomic mass is 10.2. The molecular formula is C15H15N3S. The summed E-state index contributed by atoms with van der Waals surface area (Å²) in [5, 5.41) is 2.17. The Balaban J connectivity index is 2.21. The van der Waals surface area contributed by atoms with E-state index in [1.807, 2.05) is 37.3 Å². The number of aromatic amines is 1. The smallest absolute Gasteiger partial charge is 0.162 e. The molecule has 1 aromatic carbocycles. The van der Waals surface area contributed by atoms with Crippen LogP contribution in [0.3, 0.4) is 0 Å². The van der Waals surface area contributed by atoms with Gasteiger partial charge in [0.05, 0.1) is 5.39 Å². The van der Waals surface area contributed by atoms with Crippen molar-refractivity contribution in [1.82, 2.24) is 15.0 Å². The molecule has 0 unspecified atom stereocenters. The molecular weight excluding hydrogens is 254 g/mol. The van der Waals surface area contributed by atoms with Gasteiger partial charge in [-0.05, 0) is 18.7 Å². The fraction of sp³-hybridized carbons (Fsp3) is 0.200. The first-order valence-corrected chi connectivity index (χ1v) is 7.32. The van der Waals surface area contributed by atoms with Crippen LogP contribution in [0.1, 0.15) is 12.6 Å². The molecule has 4 heteroatoms. The van der Waals surface area contributed by atoms with Gasteiger partial charge in [-0.3, -0.25) is 0 Å². The molecule has 1 N–H and O–H groups in total. The molecule has 0 aliphatic carbocycles. The molecule has 0 spiro atoms. The molecule has 2 aromatic heterocycles. The molecule has 3 rings (SSSR count). The van der Waals surface area contributed by atoms with Gasteiger partial charge in [0.1, 0.15) is 10.7 Å². The van der Waals surface area contributed by atoms with Crippen LogP contribution in [-0.2, 0) is 0 Å². The Kier molecular flexibility index (Phi) is 3.25. The maximum absolute atomic E-state index is 4.71. The molecule has 0 amide bonds. The second-order valence-corrected chi connectivity index (χ2v) is 5.62. The number of aromatic nitrogens is 3. The van der Waals surface area contributed by atoms with Crippen molar-refractivity contribution in [1.29, 1.82) is 0 Å². The van der Waals surface area contributed by atoms with E-state index in [1.165, 1.54) is 0 Å². The Bertz CT molecular complexity index is 704. The van der Waals surface area contributed by atoms with Crippen molar-refractivity contribution in [2.24, 2.45) is 0 Å². The van der Waals surface area contributed by atoms with Crippen molar-refractivity contribution in [2.75, 3.05) is 5.75 Å². The minimum atomic E-state index is 0.783. The van der Waals surface area contributed by atoms with Crippen LogP contribution in [0.4, 0.5) is 0 Å². The van der Waals surface area contributed by atoms with E-state index in [0.717, 1.165) is 38.9 Å². The predicted octanol–water partition coefficient (Wildman–Crippen LogP) is 4.05. The average molecular weight is 269 g/mol. The highest BCUT2D eigenvalue weighted by atomic mass is 32.2. The van der Waals surface area contributed by atoms with Crippen molar-refractivity contribution in [3.63, 3.8) is 0 Å². The van der Waals surface area contributed by atoms with E-state index in [2.05, 4.69) is 23.0 Å². The largest absolute Gasteiger partial charge is 0.343 e. The highest BCUT2D eigenvalue weighted by Crippen LogP contribution is 2.28. The molecule has 0 atom stereocenters. The first-order valence-electron chi connectivity index (χ1n) is 6.33. The van der Waals surface area contributed by atoms with Gasteiger partial charge in [0.25, 0.3) is 0 Å². The third-order valence-electron chi connectivity index (χ3n) is 2.90. The van der Waals surface area contributed by atoms with E-state index < -0.39 is 0 Å². The molecule has 19 heavy (non-hydrogen) atoms. The maximum Gasteiger partial charge on any atom is 0.162 e. The molecule has 3 aromatic rings. The monoisotopic (exact) mass is 269 g/mol. The lowest BCUT2D eigenvalue weighted by Crippen LogP contribution is -1.93. The lowest BCUT2D eigenvalue weighted by Gasteiger charge is -2.04. The fourth-order valence-electron chi connectivity index (χ4n) is 2.08. The van der Waals surface area contributed by atoms with Crippen molar-refractivity contribution in [3.05, 3.63) is 42.1 Å². The van der Waals surface area contributed by atoms with Gasteiger partial charge in [-0.25, -0.2) is 9.97 Å². The lowest BCUT2D eigenvalue weighted by molar-refractivity contribution is 1.10. The quantitative estimate of drug-likeness (QED) is 0.576. The first kappa shape index (κ1) is 12.2. The summed E-state index contributed by atoms with van der Waals surface area (Å²) in [6.07, 6.45) is 0. The van der Waals surface area contributed by atoms with Gasteiger partial charge in [-0.1, -0.05) is 37.3 Å². The minimum absolute atomic E-state index is 0.783. The van der Waals surface area contributed by atoms with Crippen LogP contribution in [0.25, 0.3) is 22.4 Å². The predicted molar refractivity (Wildman–Crippen MR) is 80.5 cm³/mol. The average Bonchev–Trinajstić information content (AvgIpc) is 2.80. The molecule has 0 saturated carbocycles. The summed E-state index contributed by atoms with van der Waals surface area (Å²) in [7, 11) is 0. The Morgan fingerprint density at radius 1 is 1.16 bits per heavy atom. The zero-order valence-corrected chi connectivity index (χ0v) is 11.8. The van der Waals surface area contributed by atoms with Crippen LogP contribution in [-0.4, -0.2) is 20.7 Å². The van der Waals surface area contributed by atoms with Crippen molar-refractivity contribution < 1.29 is 0 Å². The zero-order chi connectivity index (χ0) is 13.2. The number of hydrogen-bond donors (Lipinski definition) is 1. The number of hydrogen-bond acceptors (Lipinski definition) is 3. The van der Waals surface area contributed by atoms with Gasteiger partial charge in [-0.2, -0.15) is 0 Å². The summed E-state index contributed by atoms with van der Waals surface area (Å²) in [6.45, 7) is 4.19. The summed E-state index contributed by atoms with van der Waals surface area (Å²) in [5.41, 5.74) is 3.09. The van der Waals surface area contributed by atoms with Crippen LogP contribution in [0.15, 0.2) is 41.4 Å². The SMILES string of the molecule is CCSc1nc(-c2ccccc2)nc2[nH]c(C)cc12. The summed E-state index contributed by atoms with van der Waals surface area (Å²) in [6, 6.07) is 12.2. The number of thioether (sulfide) groups is 1. The van der Waals surface area contributed by atoms with Gasteiger partial charge in [0.2, 0.25) is 0 Å². The number of H-pyrrole nitrogens is 1. The van der Waals surface area contributed by atoms with Gasteiger partial charge >= 0.3 is 0 Å². The highest BCUT2D eigenvalue weighted by molar-refractivity contribution is 7.99. The number of nitrogens with zero attached hydrogens (tertiary/aromatic N) is 2. The number of rotatable bonds is 3. The fourth-order valence-corrected chi connectivity index (χ4v) is 2.81. The van der Waals surface area contributed by atoms with E-state index in [1.54, 1.807) is 11.8 Å². The molecule has 0 radical (unpaired) electrons. The van der Waals surface area contributed by atoms with E-state index in [9.17, 15) is 0 Å². The molecule has 0 aliphatic heterocycles. The summed E-state index contributed by atoms with van der Waals surface area (Å²) in [4.78, 5) is 12.6. The van der Waals surface area contributed by atoms with Gasteiger partial charge in [0, 0.05) is 11.3 Å². The number of fused-ring (bicyclic) bond motifs is 1. The van der Waals surface area contributed by atoms with Crippen molar-refractivity contribution >= 4 is 22.8 Å². The normalized spacial score (nSPS) is 11.1. The number of benzene rings is 1. The van der Waals surface area contributed by atoms with Crippen LogP contribution in [0, 0.1) is 6.92 Å². The summed E-state index contributed by atoms with van der Waals surface area (Å²) < 4.78 is 0. The zero-order valence-electron chi connectivity index (χ0n) is 11.0. The molecule has 3 nitrogen and oxygen atoms in total. The molecule has 0 saturated heterocycles. The highest BCUT2D eigenvalue weighted by Gasteiger charge is 2.11. The van der Waals surface area contributed by atoms with Crippen LogP contribution < -0.4 is 0 Å². The van der Waals surface area contributed by atoms with E-state index >= 15 is 0 Å². The van der Waals surface area contributed by atoms with Crippen LogP contribution in [0.5, 0.6) is 0 Å². The van der Waals surface area contributed by atoms with Crippen molar-refractivity contribution in [2.45, 2.75) is 18.9 Å². The summed E-state index contributed by atoms with van der Waals surface area (Å²) in [5.74, 6) is 1.79. The third kappa shape index (κ3) is 2.36. The topological polar surface area (TPSA) is 41.6 Å². The van der Waals surface area contributed by atoms with Gasteiger partial charge in [-0.15, -0.1) is 11.8 Å². The van der Waals surface area contributed by atoms with Gasteiger partial charge in [0.15, 0.2) is 5.82 Å².